The molecular formula is C25H32O6. The summed E-state index contributed by atoms with van der Waals surface area (Å²) in [4.78, 5) is 47.7. The van der Waals surface area contributed by atoms with Crippen LogP contribution in [0.4, 0.5) is 0 Å². The van der Waals surface area contributed by atoms with Crippen LogP contribution in [0.1, 0.15) is 65.7 Å². The lowest BCUT2D eigenvalue weighted by Crippen LogP contribution is -2.54. The van der Waals surface area contributed by atoms with Gasteiger partial charge in [-0.15, -0.1) is 0 Å². The lowest BCUT2D eigenvalue weighted by Gasteiger charge is -2.59. The van der Waals surface area contributed by atoms with Gasteiger partial charge in [-0.1, -0.05) is 13.8 Å². The summed E-state index contributed by atoms with van der Waals surface area (Å²) < 4.78 is 5.75. The number of carboxylic acids is 1. The SMILES string of the molecule is CC(=O)[C@H]1CC[C@H]2[C@@H]3C[C@@H](OC(=O)/C=C\C(=O)O)C4=CC(=O)CC[C@]4(C)[C@H]3CC[C@]12C. The molecule has 168 valence electrons. The first kappa shape index (κ1) is 22.0. The molecule has 0 bridgehead atoms. The zero-order chi connectivity index (χ0) is 22.6. The Morgan fingerprint density at radius 3 is 2.52 bits per heavy atom. The van der Waals surface area contributed by atoms with Crippen LogP contribution in [-0.2, 0) is 23.9 Å². The van der Waals surface area contributed by atoms with Crippen LogP contribution in [0, 0.1) is 34.5 Å². The van der Waals surface area contributed by atoms with Gasteiger partial charge >= 0.3 is 11.9 Å². The van der Waals surface area contributed by atoms with E-state index in [1.165, 1.54) is 0 Å². The van der Waals surface area contributed by atoms with Crippen LogP contribution < -0.4 is 0 Å². The van der Waals surface area contributed by atoms with E-state index in [-0.39, 0.29) is 28.3 Å². The minimum Gasteiger partial charge on any atom is -0.478 e. The topological polar surface area (TPSA) is 97.7 Å². The average Bonchev–Trinajstić information content (AvgIpc) is 3.05. The number of carboxylic acid groups (broad SMARTS) is 1. The number of aliphatic carboxylic acids is 1. The molecule has 0 aromatic carbocycles. The Bertz CT molecular complexity index is 884. The molecular weight excluding hydrogens is 396 g/mol. The van der Waals surface area contributed by atoms with Crippen molar-refractivity contribution in [1.82, 2.24) is 0 Å². The lowest BCUT2D eigenvalue weighted by molar-refractivity contribution is -0.150. The van der Waals surface area contributed by atoms with Gasteiger partial charge in [-0.2, -0.15) is 0 Å². The first-order valence-corrected chi connectivity index (χ1v) is 11.4. The maximum absolute atomic E-state index is 12.4. The fraction of sp³-hybridized carbons (Fsp3) is 0.680. The molecule has 7 atom stereocenters. The van der Waals surface area contributed by atoms with E-state index in [1.807, 2.05) is 0 Å². The van der Waals surface area contributed by atoms with Gasteiger partial charge < -0.3 is 9.84 Å². The Kier molecular flexibility index (Phi) is 5.47. The van der Waals surface area contributed by atoms with E-state index < -0.39 is 18.0 Å². The maximum Gasteiger partial charge on any atom is 0.331 e. The smallest absolute Gasteiger partial charge is 0.331 e. The summed E-state index contributed by atoms with van der Waals surface area (Å²) in [5.41, 5.74) is 0.660. The molecule has 0 amide bonds. The van der Waals surface area contributed by atoms with Gasteiger partial charge in [-0.25, -0.2) is 9.59 Å². The number of ether oxygens (including phenoxy) is 1. The van der Waals surface area contributed by atoms with E-state index in [9.17, 15) is 19.2 Å². The van der Waals surface area contributed by atoms with Gasteiger partial charge in [0, 0.05) is 24.5 Å². The number of carbonyl (C=O) groups excluding carboxylic acids is 3. The van der Waals surface area contributed by atoms with Crippen LogP contribution in [0.3, 0.4) is 0 Å². The molecule has 3 saturated carbocycles. The lowest BCUT2D eigenvalue weighted by atomic mass is 9.46. The van der Waals surface area contributed by atoms with Gasteiger partial charge in [0.25, 0.3) is 0 Å². The molecule has 1 N–H and O–H groups in total. The third-order valence-electron chi connectivity index (χ3n) is 9.07. The molecule has 6 nitrogen and oxygen atoms in total. The fourth-order valence-corrected chi connectivity index (χ4v) is 7.68. The van der Waals surface area contributed by atoms with Gasteiger partial charge in [0.2, 0.25) is 0 Å². The Labute approximate surface area is 183 Å². The second-order valence-electron chi connectivity index (χ2n) is 10.5. The quantitative estimate of drug-likeness (QED) is 0.539. The van der Waals surface area contributed by atoms with Crippen LogP contribution in [0.15, 0.2) is 23.8 Å². The highest BCUT2D eigenvalue weighted by Crippen LogP contribution is 2.66. The van der Waals surface area contributed by atoms with E-state index in [1.54, 1.807) is 13.0 Å². The summed E-state index contributed by atoms with van der Waals surface area (Å²) >= 11 is 0. The van der Waals surface area contributed by atoms with E-state index >= 15 is 0 Å². The highest BCUT2D eigenvalue weighted by Gasteiger charge is 2.61. The Hall–Kier alpha value is -2.24. The Morgan fingerprint density at radius 2 is 1.84 bits per heavy atom. The number of fused-ring (bicyclic) bond motifs is 5. The number of hydrogen-bond donors (Lipinski definition) is 1. The van der Waals surface area contributed by atoms with Gasteiger partial charge in [0.05, 0.1) is 0 Å². The average molecular weight is 429 g/mol. The van der Waals surface area contributed by atoms with Crippen LogP contribution >= 0.6 is 0 Å². The van der Waals surface area contributed by atoms with Crippen molar-refractivity contribution in [2.45, 2.75) is 71.8 Å². The van der Waals surface area contributed by atoms with Crippen molar-refractivity contribution in [2.24, 2.45) is 34.5 Å². The summed E-state index contributed by atoms with van der Waals surface area (Å²) in [6, 6.07) is 0. The molecule has 31 heavy (non-hydrogen) atoms. The summed E-state index contributed by atoms with van der Waals surface area (Å²) in [5, 5.41) is 8.81. The molecule has 0 saturated heterocycles. The highest BCUT2D eigenvalue weighted by molar-refractivity contribution is 5.93. The van der Waals surface area contributed by atoms with Crippen LogP contribution in [0.5, 0.6) is 0 Å². The third-order valence-corrected chi connectivity index (χ3v) is 9.07. The van der Waals surface area contributed by atoms with Gasteiger partial charge in [-0.3, -0.25) is 9.59 Å². The van der Waals surface area contributed by atoms with E-state index in [4.69, 9.17) is 9.84 Å². The van der Waals surface area contributed by atoms with Crippen molar-refractivity contribution in [3.8, 4) is 0 Å². The van der Waals surface area contributed by atoms with Gasteiger partial charge in [-0.05, 0) is 85.7 Å². The first-order chi connectivity index (χ1) is 14.6. The molecule has 4 aliphatic carbocycles. The zero-order valence-electron chi connectivity index (χ0n) is 18.6. The van der Waals surface area contributed by atoms with Gasteiger partial charge in [0.1, 0.15) is 11.9 Å². The molecule has 4 aliphatic rings. The largest absolute Gasteiger partial charge is 0.478 e. The second-order valence-corrected chi connectivity index (χ2v) is 10.5. The minimum absolute atomic E-state index is 0.0210. The standard InChI is InChI=1S/C25H32O6/c1-14(26)17-4-5-18-16-13-21(31-23(30)7-6-22(28)29)20-12-15(27)8-10-25(20,3)19(16)9-11-24(17,18)2/h6-7,12,16-19,21H,4-5,8-11,13H2,1-3H3,(H,28,29)/b7-6-/t16-,17+,18-,19-,21+,24+,25+/m0/s1. The molecule has 0 radical (unpaired) electrons. The van der Waals surface area contributed by atoms with Crippen LogP contribution in [0.2, 0.25) is 0 Å². The van der Waals surface area contributed by atoms with Crippen molar-refractivity contribution in [3.63, 3.8) is 0 Å². The second kappa shape index (κ2) is 7.72. The number of rotatable bonds is 4. The number of Topliss-reactive ketones (excluding diaryl/α,β-unsaturated/α-hetero) is 1. The Balaban J connectivity index is 1.68. The van der Waals surface area contributed by atoms with E-state index in [2.05, 4.69) is 13.8 Å². The summed E-state index contributed by atoms with van der Waals surface area (Å²) in [5.74, 6) is -0.356. The van der Waals surface area contributed by atoms with E-state index in [0.717, 1.165) is 49.8 Å². The molecule has 4 rings (SSSR count). The Morgan fingerprint density at radius 1 is 1.10 bits per heavy atom. The molecule has 0 unspecified atom stereocenters. The van der Waals surface area contributed by atoms with E-state index in [0.29, 0.717) is 30.6 Å². The maximum atomic E-state index is 12.4. The van der Waals surface area contributed by atoms with Gasteiger partial charge in [0.15, 0.2) is 5.78 Å². The summed E-state index contributed by atoms with van der Waals surface area (Å²) in [7, 11) is 0. The molecule has 0 aromatic rings. The highest BCUT2D eigenvalue weighted by atomic mass is 16.5. The third kappa shape index (κ3) is 3.58. The van der Waals surface area contributed by atoms with Crippen molar-refractivity contribution in [3.05, 3.63) is 23.8 Å². The normalized spacial score (nSPS) is 41.7. The first-order valence-electron chi connectivity index (χ1n) is 11.4. The predicted octanol–water partition coefficient (Wildman–Crippen LogP) is 3.89. The van der Waals surface area contributed by atoms with Crippen LogP contribution in [-0.4, -0.2) is 34.7 Å². The molecule has 0 spiro atoms. The number of esters is 1. The molecule has 3 fully saturated rings. The summed E-state index contributed by atoms with van der Waals surface area (Å²) in [6.07, 6.45) is 8.71. The predicted molar refractivity (Wildman–Crippen MR) is 113 cm³/mol. The molecule has 0 heterocycles. The molecule has 0 aliphatic heterocycles. The van der Waals surface area contributed by atoms with Crippen molar-refractivity contribution in [2.75, 3.05) is 0 Å². The number of ketones is 2. The van der Waals surface area contributed by atoms with Crippen molar-refractivity contribution >= 4 is 23.5 Å². The summed E-state index contributed by atoms with van der Waals surface area (Å²) in [6.45, 7) is 6.18. The number of hydrogen-bond acceptors (Lipinski definition) is 5. The fourth-order valence-electron chi connectivity index (χ4n) is 7.68. The molecule has 6 heteroatoms. The number of carbonyl (C=O) groups is 4. The zero-order valence-corrected chi connectivity index (χ0v) is 18.6. The van der Waals surface area contributed by atoms with Crippen molar-refractivity contribution < 1.29 is 29.0 Å². The van der Waals surface area contributed by atoms with Crippen molar-refractivity contribution in [1.29, 1.82) is 0 Å². The molecule has 0 aromatic heterocycles. The monoisotopic (exact) mass is 428 g/mol. The van der Waals surface area contributed by atoms with Crippen LogP contribution in [0.25, 0.3) is 0 Å². The minimum atomic E-state index is -1.21.